The second kappa shape index (κ2) is 6.78. The molecule has 0 spiro atoms. The summed E-state index contributed by atoms with van der Waals surface area (Å²) >= 11 is 1.79. The fourth-order valence-corrected chi connectivity index (χ4v) is 4.80. The van der Waals surface area contributed by atoms with Crippen molar-refractivity contribution in [1.82, 2.24) is 9.80 Å². The highest BCUT2D eigenvalue weighted by Crippen LogP contribution is 2.33. The lowest BCUT2D eigenvalue weighted by Gasteiger charge is -2.51. The van der Waals surface area contributed by atoms with E-state index in [1.54, 1.807) is 11.3 Å². The Morgan fingerprint density at radius 3 is 2.95 bits per heavy atom. The molecule has 1 aromatic rings. The van der Waals surface area contributed by atoms with Crippen molar-refractivity contribution in [3.8, 4) is 0 Å². The van der Waals surface area contributed by atoms with Gasteiger partial charge in [-0.3, -0.25) is 9.80 Å². The molecule has 3 heterocycles. The smallest absolute Gasteiger partial charge is 0.0511 e. The largest absolute Gasteiger partial charge is 0.326 e. The Balaban J connectivity index is 1.81. The second-order valence-electron chi connectivity index (χ2n) is 6.76. The first kappa shape index (κ1) is 15.5. The van der Waals surface area contributed by atoms with Gasteiger partial charge in [0.1, 0.15) is 0 Å². The fraction of sp³-hybridized carbons (Fsp3) is 0.765. The topological polar surface area (TPSA) is 32.5 Å². The predicted molar refractivity (Wildman–Crippen MR) is 90.7 cm³/mol. The number of rotatable bonds is 4. The molecule has 21 heavy (non-hydrogen) atoms. The molecule has 1 aromatic heterocycles. The molecule has 0 bridgehead atoms. The van der Waals surface area contributed by atoms with Crippen molar-refractivity contribution in [1.29, 1.82) is 0 Å². The Hall–Kier alpha value is -0.420. The summed E-state index contributed by atoms with van der Waals surface area (Å²) in [5, 5.41) is 4.48. The number of hydrogen-bond acceptors (Lipinski definition) is 4. The zero-order chi connectivity index (χ0) is 14.8. The summed E-state index contributed by atoms with van der Waals surface area (Å²) in [4.78, 5) is 5.41. The summed E-state index contributed by atoms with van der Waals surface area (Å²) in [6.45, 7) is 8.29. The predicted octanol–water partition coefficient (Wildman–Crippen LogP) is 3.09. The number of piperazine rings is 1. The van der Waals surface area contributed by atoms with Crippen LogP contribution in [0.25, 0.3) is 0 Å². The van der Waals surface area contributed by atoms with E-state index < -0.39 is 0 Å². The zero-order valence-electron chi connectivity index (χ0n) is 13.4. The number of thiophene rings is 1. The van der Waals surface area contributed by atoms with Crippen LogP contribution in [0, 0.1) is 0 Å². The van der Waals surface area contributed by atoms with Gasteiger partial charge in [-0.15, -0.1) is 0 Å². The van der Waals surface area contributed by atoms with E-state index in [4.69, 9.17) is 5.73 Å². The molecule has 3 rings (SSSR count). The third kappa shape index (κ3) is 3.19. The van der Waals surface area contributed by atoms with Gasteiger partial charge in [-0.1, -0.05) is 13.3 Å². The molecule has 0 aliphatic carbocycles. The Morgan fingerprint density at radius 1 is 1.38 bits per heavy atom. The van der Waals surface area contributed by atoms with Crippen LogP contribution >= 0.6 is 11.3 Å². The highest BCUT2D eigenvalue weighted by molar-refractivity contribution is 7.07. The molecule has 2 aliphatic rings. The van der Waals surface area contributed by atoms with E-state index in [1.165, 1.54) is 44.5 Å². The van der Waals surface area contributed by atoms with E-state index >= 15 is 0 Å². The molecule has 2 aliphatic heterocycles. The lowest BCUT2D eigenvalue weighted by atomic mass is 9.91. The summed E-state index contributed by atoms with van der Waals surface area (Å²) in [5.74, 6) is 0. The quantitative estimate of drug-likeness (QED) is 0.928. The van der Waals surface area contributed by atoms with Gasteiger partial charge in [-0.05, 0) is 55.1 Å². The van der Waals surface area contributed by atoms with E-state index in [0.29, 0.717) is 12.1 Å². The van der Waals surface area contributed by atoms with Crippen LogP contribution in [0.5, 0.6) is 0 Å². The minimum absolute atomic E-state index is 0.234. The van der Waals surface area contributed by atoms with Gasteiger partial charge in [0.15, 0.2) is 0 Å². The summed E-state index contributed by atoms with van der Waals surface area (Å²) in [6.07, 6.45) is 5.18. The Labute approximate surface area is 133 Å². The van der Waals surface area contributed by atoms with E-state index in [-0.39, 0.29) is 6.04 Å². The van der Waals surface area contributed by atoms with Gasteiger partial charge in [-0.2, -0.15) is 11.3 Å². The molecule has 118 valence electrons. The van der Waals surface area contributed by atoms with Gasteiger partial charge in [0.25, 0.3) is 0 Å². The molecule has 4 heteroatoms. The number of piperidine rings is 1. The van der Waals surface area contributed by atoms with Gasteiger partial charge in [0.05, 0.1) is 6.04 Å². The molecule has 0 amide bonds. The molecule has 2 fully saturated rings. The molecule has 0 radical (unpaired) electrons. The monoisotopic (exact) mass is 307 g/mol. The third-order valence-electron chi connectivity index (χ3n) is 5.35. The minimum atomic E-state index is 0.234. The molecule has 4 atom stereocenters. The maximum atomic E-state index is 6.52. The lowest BCUT2D eigenvalue weighted by molar-refractivity contribution is -0.0146. The van der Waals surface area contributed by atoms with Crippen LogP contribution in [0.15, 0.2) is 16.8 Å². The van der Waals surface area contributed by atoms with E-state index in [1.807, 2.05) is 0 Å². The normalized spacial score (nSPS) is 30.8. The van der Waals surface area contributed by atoms with Crippen molar-refractivity contribution >= 4 is 11.3 Å². The number of hydrogen-bond donors (Lipinski definition) is 1. The number of nitrogens with two attached hydrogens (primary N) is 1. The van der Waals surface area contributed by atoms with Gasteiger partial charge in [0, 0.05) is 31.2 Å². The molecular formula is C17H29N3S. The first-order valence-electron chi connectivity index (χ1n) is 8.48. The van der Waals surface area contributed by atoms with Crippen LogP contribution in [0.1, 0.15) is 51.1 Å². The molecule has 2 saturated heterocycles. The fourth-order valence-electron chi connectivity index (χ4n) is 4.11. The lowest BCUT2D eigenvalue weighted by Crippen LogP contribution is -2.61. The Bertz CT molecular complexity index is 433. The van der Waals surface area contributed by atoms with Crippen LogP contribution in [-0.4, -0.2) is 47.6 Å². The molecule has 4 unspecified atom stereocenters. The van der Waals surface area contributed by atoms with Crippen molar-refractivity contribution in [2.75, 3.05) is 19.6 Å². The third-order valence-corrected chi connectivity index (χ3v) is 6.06. The van der Waals surface area contributed by atoms with Crippen LogP contribution in [0.2, 0.25) is 0 Å². The van der Waals surface area contributed by atoms with Crippen molar-refractivity contribution in [3.63, 3.8) is 0 Å². The second-order valence-corrected chi connectivity index (χ2v) is 7.54. The van der Waals surface area contributed by atoms with Gasteiger partial charge in [0.2, 0.25) is 0 Å². The summed E-state index contributed by atoms with van der Waals surface area (Å²) < 4.78 is 0. The molecule has 2 N–H and O–H groups in total. The van der Waals surface area contributed by atoms with Crippen LogP contribution in [0.3, 0.4) is 0 Å². The minimum Gasteiger partial charge on any atom is -0.326 e. The molecule has 0 aromatic carbocycles. The van der Waals surface area contributed by atoms with Gasteiger partial charge in [-0.25, -0.2) is 0 Å². The van der Waals surface area contributed by atoms with Crippen molar-refractivity contribution in [2.24, 2.45) is 5.73 Å². The average molecular weight is 308 g/mol. The zero-order valence-corrected chi connectivity index (χ0v) is 14.2. The molecule has 3 nitrogen and oxygen atoms in total. The van der Waals surface area contributed by atoms with Crippen LogP contribution in [0.4, 0.5) is 0 Å². The van der Waals surface area contributed by atoms with Gasteiger partial charge >= 0.3 is 0 Å². The SMILES string of the molecule is CCC(N)C(c1ccsc1)N1CC2CCCCN2CC1C. The number of fused-ring (bicyclic) bond motifs is 1. The molecular weight excluding hydrogens is 278 g/mol. The first-order chi connectivity index (χ1) is 10.2. The van der Waals surface area contributed by atoms with E-state index in [2.05, 4.69) is 40.5 Å². The van der Waals surface area contributed by atoms with Crippen molar-refractivity contribution in [3.05, 3.63) is 22.4 Å². The summed E-state index contributed by atoms with van der Waals surface area (Å²) in [5.41, 5.74) is 7.94. The van der Waals surface area contributed by atoms with E-state index in [0.717, 1.165) is 12.5 Å². The maximum Gasteiger partial charge on any atom is 0.0511 e. The van der Waals surface area contributed by atoms with Crippen molar-refractivity contribution in [2.45, 2.75) is 63.7 Å². The average Bonchev–Trinajstić information content (AvgIpc) is 3.01. The Kier molecular flexibility index (Phi) is 4.99. The summed E-state index contributed by atoms with van der Waals surface area (Å²) in [7, 11) is 0. The highest BCUT2D eigenvalue weighted by atomic mass is 32.1. The first-order valence-corrected chi connectivity index (χ1v) is 9.42. The van der Waals surface area contributed by atoms with Crippen molar-refractivity contribution < 1.29 is 0 Å². The maximum absolute atomic E-state index is 6.52. The van der Waals surface area contributed by atoms with Gasteiger partial charge < -0.3 is 5.73 Å². The van der Waals surface area contributed by atoms with Crippen LogP contribution < -0.4 is 5.73 Å². The Morgan fingerprint density at radius 2 is 2.24 bits per heavy atom. The van der Waals surface area contributed by atoms with E-state index in [9.17, 15) is 0 Å². The van der Waals surface area contributed by atoms with Crippen LogP contribution in [-0.2, 0) is 0 Å². The summed E-state index contributed by atoms with van der Waals surface area (Å²) in [6, 6.07) is 4.24. The highest BCUT2D eigenvalue weighted by Gasteiger charge is 2.38. The number of nitrogens with zero attached hydrogens (tertiary/aromatic N) is 2. The molecule has 0 saturated carbocycles. The standard InChI is InChI=1S/C17H29N3S/c1-3-16(18)17(14-7-9-21-12-14)20-11-15-6-4-5-8-19(15)10-13(20)2/h7,9,12-13,15-17H,3-6,8,10-11,18H2,1-2H3.